The molecule has 0 radical (unpaired) electrons. The van der Waals surface area contributed by atoms with E-state index in [0.29, 0.717) is 0 Å². The van der Waals surface area contributed by atoms with Crippen molar-refractivity contribution in [2.75, 3.05) is 4.90 Å². The summed E-state index contributed by atoms with van der Waals surface area (Å²) in [5, 5.41) is 2.95. The first-order valence-electron chi connectivity index (χ1n) is 11.7. The zero-order valence-electron chi connectivity index (χ0n) is 20.5. The van der Waals surface area contributed by atoms with E-state index in [0.717, 1.165) is 9.58 Å². The molecule has 0 spiro atoms. The van der Waals surface area contributed by atoms with Crippen molar-refractivity contribution in [1.29, 1.82) is 0 Å². The molecule has 3 aromatic rings. The summed E-state index contributed by atoms with van der Waals surface area (Å²) in [6.07, 6.45) is -5.49. The van der Waals surface area contributed by atoms with Gasteiger partial charge in [-0.2, -0.15) is 13.2 Å². The van der Waals surface area contributed by atoms with E-state index in [9.17, 15) is 14.4 Å². The predicted molar refractivity (Wildman–Crippen MR) is 138 cm³/mol. The van der Waals surface area contributed by atoms with Crippen LogP contribution in [0.4, 0.5) is 18.9 Å². The molecule has 2 heterocycles. The third-order valence-electron chi connectivity index (χ3n) is 7.01. The molecule has 1 aliphatic carbocycles. The monoisotopic (exact) mass is 563 g/mol. The second kappa shape index (κ2) is 8.61. The molecule has 0 bridgehead atoms. The van der Waals surface area contributed by atoms with E-state index >= 15 is 13.2 Å². The maximum absolute atomic E-state index is 15.4. The molecule has 6 nitrogen and oxygen atoms in total. The average molecular weight is 564 g/mol. The number of rotatable bonds is 3. The number of allylic oxidation sites excluding steroid dienone is 1. The molecule has 0 fully saturated rings. The third kappa shape index (κ3) is 3.74. The number of Topliss-reactive ketones (excluding diaryl/α,β-unsaturated/α-hetero) is 1. The zero-order chi connectivity index (χ0) is 27.8. The molecule has 5 rings (SSSR count). The Morgan fingerprint density at radius 2 is 1.53 bits per heavy atom. The highest BCUT2D eigenvalue weighted by Crippen LogP contribution is 2.58. The fourth-order valence-electron chi connectivity index (χ4n) is 5.63. The van der Waals surface area contributed by atoms with E-state index in [1.807, 2.05) is 0 Å². The van der Waals surface area contributed by atoms with Crippen LogP contribution in [0.2, 0.25) is 10.0 Å². The third-order valence-corrected chi connectivity index (χ3v) is 7.45. The number of aromatic amines is 1. The van der Waals surface area contributed by atoms with Crippen molar-refractivity contribution in [3.8, 4) is 5.69 Å². The summed E-state index contributed by atoms with van der Waals surface area (Å²) in [6.45, 7) is 4.78. The highest BCUT2D eigenvalue weighted by molar-refractivity contribution is 6.34. The number of nitrogens with zero attached hydrogens (tertiary/aromatic N) is 2. The molecule has 1 aromatic heterocycles. The number of alkyl halides is 3. The minimum Gasteiger partial charge on any atom is -0.295 e. The molecule has 1 amide bonds. The molecule has 1 unspecified atom stereocenters. The topological polar surface area (TPSA) is 75.2 Å². The van der Waals surface area contributed by atoms with E-state index in [2.05, 4.69) is 5.10 Å². The Morgan fingerprint density at radius 3 is 2.11 bits per heavy atom. The number of amides is 1. The summed E-state index contributed by atoms with van der Waals surface area (Å²) in [7, 11) is 0. The van der Waals surface area contributed by atoms with Crippen LogP contribution in [0.1, 0.15) is 37.9 Å². The van der Waals surface area contributed by atoms with Gasteiger partial charge in [0, 0.05) is 39.1 Å². The summed E-state index contributed by atoms with van der Waals surface area (Å²) in [5.74, 6) is -2.24. The van der Waals surface area contributed by atoms with Gasteiger partial charge >= 0.3 is 6.18 Å². The number of hydrogen-bond acceptors (Lipinski definition) is 3. The Hall–Kier alpha value is -3.30. The van der Waals surface area contributed by atoms with Crippen LogP contribution in [0.3, 0.4) is 0 Å². The lowest BCUT2D eigenvalue weighted by atomic mass is 9.66. The molecule has 11 heteroatoms. The first kappa shape index (κ1) is 26.3. The van der Waals surface area contributed by atoms with Crippen molar-refractivity contribution in [2.24, 2.45) is 5.41 Å². The first-order chi connectivity index (χ1) is 17.7. The summed E-state index contributed by atoms with van der Waals surface area (Å²) in [6, 6.07) is 11.9. The molecule has 2 aliphatic rings. The van der Waals surface area contributed by atoms with Crippen molar-refractivity contribution in [1.82, 2.24) is 9.78 Å². The van der Waals surface area contributed by atoms with Crippen LogP contribution in [-0.4, -0.2) is 27.6 Å². The normalized spacial score (nSPS) is 21.3. The van der Waals surface area contributed by atoms with Crippen LogP contribution >= 0.6 is 23.2 Å². The van der Waals surface area contributed by atoms with Crippen molar-refractivity contribution < 1.29 is 22.8 Å². The van der Waals surface area contributed by atoms with Crippen LogP contribution in [0, 0.1) is 12.3 Å². The molecule has 38 heavy (non-hydrogen) atoms. The number of hydrogen-bond donors (Lipinski definition) is 1. The van der Waals surface area contributed by atoms with Gasteiger partial charge in [0.15, 0.2) is 5.78 Å². The molecule has 0 saturated carbocycles. The number of carbonyl (C=O) groups excluding carboxylic acids is 2. The lowest BCUT2D eigenvalue weighted by Crippen LogP contribution is -2.55. The van der Waals surface area contributed by atoms with Crippen molar-refractivity contribution in [3.63, 3.8) is 0 Å². The summed E-state index contributed by atoms with van der Waals surface area (Å²) in [5.41, 5.74) is -6.89. The molecule has 198 valence electrons. The van der Waals surface area contributed by atoms with E-state index in [1.165, 1.54) is 37.3 Å². The van der Waals surface area contributed by atoms with Gasteiger partial charge in [-0.25, -0.2) is 4.68 Å². The average Bonchev–Trinajstić information content (AvgIpc) is 3.23. The van der Waals surface area contributed by atoms with Gasteiger partial charge in [-0.05, 0) is 49.1 Å². The number of halogens is 5. The number of ketones is 1. The van der Waals surface area contributed by atoms with Gasteiger partial charge in [0.1, 0.15) is 0 Å². The molecule has 1 atom stereocenters. The Kier molecular flexibility index (Phi) is 5.96. The highest BCUT2D eigenvalue weighted by atomic mass is 35.5. The molecule has 1 aliphatic heterocycles. The van der Waals surface area contributed by atoms with Crippen LogP contribution in [-0.2, 0) is 15.0 Å². The smallest absolute Gasteiger partial charge is 0.295 e. The van der Waals surface area contributed by atoms with Gasteiger partial charge in [0.05, 0.1) is 11.3 Å². The van der Waals surface area contributed by atoms with Gasteiger partial charge in [-0.3, -0.25) is 24.4 Å². The molecular formula is C27H22Cl2F3N3O3. The van der Waals surface area contributed by atoms with Gasteiger partial charge in [-0.15, -0.1) is 0 Å². The minimum absolute atomic E-state index is 0.0358. The number of para-hydroxylation sites is 1. The lowest BCUT2D eigenvalue weighted by molar-refractivity contribution is -0.184. The van der Waals surface area contributed by atoms with Gasteiger partial charge in [0.25, 0.3) is 11.5 Å². The molecule has 2 aromatic carbocycles. The standard InChI is InChI=1S/C27H22Cl2F3N3O3/c1-14-21(23(37)35(33-14)18-10-15(28)9-16(29)11-18)26(27(30,31)32)22-19(12-25(2,3)13-20(22)36)34(24(26)38)17-7-5-4-6-8-17/h4-11,33H,12-13H2,1-3H3. The predicted octanol–water partition coefficient (Wildman–Crippen LogP) is 6.27. The van der Waals surface area contributed by atoms with Crippen LogP contribution in [0.5, 0.6) is 0 Å². The molecular weight excluding hydrogens is 542 g/mol. The largest absolute Gasteiger partial charge is 0.411 e. The number of aromatic nitrogens is 2. The van der Waals surface area contributed by atoms with Crippen molar-refractivity contribution in [2.45, 2.75) is 45.2 Å². The maximum atomic E-state index is 15.4. The minimum atomic E-state index is -5.32. The molecule has 1 N–H and O–H groups in total. The maximum Gasteiger partial charge on any atom is 0.411 e. The van der Waals surface area contributed by atoms with Gasteiger partial charge in [-0.1, -0.05) is 55.2 Å². The number of nitrogens with one attached hydrogen (secondary N) is 1. The summed E-state index contributed by atoms with van der Waals surface area (Å²) >= 11 is 12.1. The van der Waals surface area contributed by atoms with Crippen molar-refractivity contribution in [3.05, 3.63) is 91.5 Å². The van der Waals surface area contributed by atoms with E-state index < -0.39 is 45.4 Å². The zero-order valence-corrected chi connectivity index (χ0v) is 22.1. The van der Waals surface area contributed by atoms with Crippen LogP contribution in [0.15, 0.2) is 64.6 Å². The molecule has 0 saturated heterocycles. The SMILES string of the molecule is Cc1[nH]n(-c2cc(Cl)cc(Cl)c2)c(=O)c1C1(C(F)(F)F)C(=O)N(c2ccccc2)C2=C1C(=O)CC(C)(C)C2. The number of carbonyl (C=O) groups is 2. The Balaban J connectivity index is 1.87. The van der Waals surface area contributed by atoms with Gasteiger partial charge in [0.2, 0.25) is 5.41 Å². The van der Waals surface area contributed by atoms with E-state index in [1.54, 1.807) is 32.0 Å². The van der Waals surface area contributed by atoms with Crippen LogP contribution in [0.25, 0.3) is 5.69 Å². The lowest BCUT2D eigenvalue weighted by Gasteiger charge is -2.35. The number of anilines is 1. The van der Waals surface area contributed by atoms with Crippen LogP contribution < -0.4 is 10.5 Å². The fraction of sp³-hybridized carbons (Fsp3) is 0.296. The van der Waals surface area contributed by atoms with Gasteiger partial charge < -0.3 is 0 Å². The number of aryl methyl sites for hydroxylation is 1. The Labute approximate surface area is 225 Å². The second-order valence-corrected chi connectivity index (χ2v) is 11.2. The van der Waals surface area contributed by atoms with E-state index in [-0.39, 0.29) is 45.7 Å². The van der Waals surface area contributed by atoms with Crippen molar-refractivity contribution >= 4 is 40.6 Å². The number of benzene rings is 2. The Morgan fingerprint density at radius 1 is 0.921 bits per heavy atom. The van der Waals surface area contributed by atoms with E-state index in [4.69, 9.17) is 23.2 Å². The quantitative estimate of drug-likeness (QED) is 0.408. The highest BCUT2D eigenvalue weighted by Gasteiger charge is 2.73. The first-order valence-corrected chi connectivity index (χ1v) is 12.5. The Bertz CT molecular complexity index is 1570. The summed E-state index contributed by atoms with van der Waals surface area (Å²) < 4.78 is 47.2. The fourth-order valence-corrected chi connectivity index (χ4v) is 6.14. The number of H-pyrrole nitrogens is 1. The summed E-state index contributed by atoms with van der Waals surface area (Å²) in [4.78, 5) is 42.5. The second-order valence-electron chi connectivity index (χ2n) is 10.4.